The fourth-order valence-corrected chi connectivity index (χ4v) is 5.44. The average molecular weight is 499 g/mol. The molecule has 1 aliphatic heterocycles. The summed E-state index contributed by atoms with van der Waals surface area (Å²) < 4.78 is 0. The van der Waals surface area contributed by atoms with Gasteiger partial charge in [-0.05, 0) is 82.9 Å². The topological polar surface area (TPSA) is 24.4 Å². The lowest BCUT2D eigenvalue weighted by molar-refractivity contribution is 0.720. The van der Waals surface area contributed by atoms with E-state index >= 15 is 0 Å². The van der Waals surface area contributed by atoms with Gasteiger partial charge in [-0.2, -0.15) is 0 Å². The molecule has 3 aromatic rings. The predicted molar refractivity (Wildman–Crippen MR) is 163 cm³/mol. The molecule has 1 atom stereocenters. The molecular formula is C36H38N2. The van der Waals surface area contributed by atoms with E-state index < -0.39 is 0 Å². The molecule has 0 radical (unpaired) electrons. The number of hydrogen-bond donors (Lipinski definition) is 1. The second kappa shape index (κ2) is 10.5. The minimum atomic E-state index is -0.208. The first-order valence-electron chi connectivity index (χ1n) is 13.7. The molecule has 38 heavy (non-hydrogen) atoms. The molecular weight excluding hydrogens is 460 g/mol. The van der Waals surface area contributed by atoms with Crippen molar-refractivity contribution >= 4 is 17.4 Å². The van der Waals surface area contributed by atoms with Crippen LogP contribution in [0.25, 0.3) is 11.1 Å². The molecule has 2 nitrogen and oxygen atoms in total. The Kier molecular flexibility index (Phi) is 7.08. The van der Waals surface area contributed by atoms with E-state index in [0.717, 1.165) is 18.5 Å². The zero-order valence-corrected chi connectivity index (χ0v) is 23.3. The summed E-state index contributed by atoms with van der Waals surface area (Å²) in [6.07, 6.45) is 7.50. The van der Waals surface area contributed by atoms with Crippen LogP contribution in [-0.2, 0) is 13.0 Å². The fourth-order valence-electron chi connectivity index (χ4n) is 5.44. The molecule has 2 aliphatic carbocycles. The Hall–Kier alpha value is -3.91. The van der Waals surface area contributed by atoms with Crippen molar-refractivity contribution in [3.05, 3.63) is 142 Å². The zero-order chi connectivity index (χ0) is 26.9. The third kappa shape index (κ3) is 4.72. The molecule has 3 aliphatic rings. The number of rotatable bonds is 7. The molecule has 0 bridgehead atoms. The van der Waals surface area contributed by atoms with Crippen LogP contribution in [0.2, 0.25) is 0 Å². The lowest BCUT2D eigenvalue weighted by Crippen LogP contribution is -2.23. The van der Waals surface area contributed by atoms with Crippen molar-refractivity contribution in [1.29, 1.82) is 0 Å². The second-order valence-electron chi connectivity index (χ2n) is 10.8. The Morgan fingerprint density at radius 1 is 0.974 bits per heavy atom. The minimum absolute atomic E-state index is 0.208. The summed E-state index contributed by atoms with van der Waals surface area (Å²) in [5, 5.41) is 3.69. The summed E-state index contributed by atoms with van der Waals surface area (Å²) in [7, 11) is 0. The highest BCUT2D eigenvalue weighted by Crippen LogP contribution is 2.65. The van der Waals surface area contributed by atoms with E-state index in [0.29, 0.717) is 5.92 Å². The van der Waals surface area contributed by atoms with Gasteiger partial charge in [-0.25, -0.2) is 0 Å². The summed E-state index contributed by atoms with van der Waals surface area (Å²) in [4.78, 5) is 4.83. The van der Waals surface area contributed by atoms with Gasteiger partial charge in [0.2, 0.25) is 0 Å². The number of nitrogens with one attached hydrogen (secondary N) is 1. The normalized spacial score (nSPS) is 18.4. The highest BCUT2D eigenvalue weighted by molar-refractivity contribution is 6.05. The van der Waals surface area contributed by atoms with E-state index in [1.54, 1.807) is 0 Å². The summed E-state index contributed by atoms with van der Waals surface area (Å²) in [6.45, 7) is 15.6. The van der Waals surface area contributed by atoms with Crippen LogP contribution in [0.5, 0.6) is 0 Å². The van der Waals surface area contributed by atoms with Gasteiger partial charge in [-0.3, -0.25) is 4.99 Å². The van der Waals surface area contributed by atoms with Gasteiger partial charge >= 0.3 is 0 Å². The molecule has 0 aromatic heterocycles. The number of aliphatic imine (C=N–C) groups is 1. The Morgan fingerprint density at radius 3 is 2.39 bits per heavy atom. The number of aryl methyl sites for hydroxylation is 2. The Balaban J connectivity index is 0.000000207. The fraction of sp³-hybridized carbons (Fsp3) is 0.250. The van der Waals surface area contributed by atoms with Crippen molar-refractivity contribution in [2.75, 3.05) is 0 Å². The highest BCUT2D eigenvalue weighted by Gasteiger charge is 2.63. The second-order valence-corrected chi connectivity index (χ2v) is 10.8. The van der Waals surface area contributed by atoms with Crippen LogP contribution < -0.4 is 5.32 Å². The van der Waals surface area contributed by atoms with Crippen molar-refractivity contribution in [2.24, 2.45) is 4.99 Å². The van der Waals surface area contributed by atoms with Gasteiger partial charge in [0.25, 0.3) is 0 Å². The van der Waals surface area contributed by atoms with Crippen LogP contribution in [0.1, 0.15) is 67.0 Å². The van der Waals surface area contributed by atoms with E-state index in [-0.39, 0.29) is 5.54 Å². The van der Waals surface area contributed by atoms with Gasteiger partial charge in [-0.15, -0.1) is 0 Å². The number of benzene rings is 3. The standard InChI is InChI=1S/C24H22N2.C12H16/c1-3-17-8-6-9-18(13-17)15-25-22-14-20(19-10-5-4-7-16(19)2)23-21-11-12-26-24(21,22)23;1-9(2)11-5-7-12(8-6-11)10(3)4/h4-14,25H,3,15H2,1-2H3;5-8,10H,1H2,2-4H3. The van der Waals surface area contributed by atoms with Crippen molar-refractivity contribution in [1.82, 2.24) is 5.32 Å². The third-order valence-electron chi connectivity index (χ3n) is 7.80. The Bertz CT molecular complexity index is 1490. The molecule has 2 heteroatoms. The van der Waals surface area contributed by atoms with Crippen molar-refractivity contribution < 1.29 is 0 Å². The van der Waals surface area contributed by atoms with E-state index in [9.17, 15) is 0 Å². The Morgan fingerprint density at radius 2 is 1.71 bits per heavy atom. The van der Waals surface area contributed by atoms with E-state index in [1.165, 1.54) is 55.8 Å². The van der Waals surface area contributed by atoms with E-state index in [1.807, 2.05) is 13.1 Å². The van der Waals surface area contributed by atoms with Gasteiger partial charge in [0.1, 0.15) is 0 Å². The first-order valence-corrected chi connectivity index (χ1v) is 13.7. The summed E-state index contributed by atoms with van der Waals surface area (Å²) >= 11 is 0. The van der Waals surface area contributed by atoms with Gasteiger partial charge in [0.05, 0.1) is 0 Å². The highest BCUT2D eigenvalue weighted by atomic mass is 15.1. The summed E-state index contributed by atoms with van der Waals surface area (Å²) in [5.74, 6) is 0.615. The Labute approximate surface area is 228 Å². The molecule has 1 unspecified atom stereocenters. The maximum Gasteiger partial charge on any atom is 0.151 e. The monoisotopic (exact) mass is 498 g/mol. The van der Waals surface area contributed by atoms with Crippen LogP contribution in [-0.4, -0.2) is 11.8 Å². The van der Waals surface area contributed by atoms with E-state index in [4.69, 9.17) is 4.99 Å². The number of dihydropyridines is 1. The molecule has 0 saturated heterocycles. The van der Waals surface area contributed by atoms with Gasteiger partial charge in [0, 0.05) is 24.0 Å². The number of hydrogen-bond acceptors (Lipinski definition) is 2. The largest absolute Gasteiger partial charge is 0.382 e. The van der Waals surface area contributed by atoms with Crippen molar-refractivity contribution in [2.45, 2.75) is 59.0 Å². The van der Waals surface area contributed by atoms with Gasteiger partial charge in [0.15, 0.2) is 5.54 Å². The SMILES string of the molecule is C=C(C)c1ccc(C(C)C)cc1.CCc1cccc(CNC2=CC(c3ccccc3C)=C3C4=CC=NC243)c1. The van der Waals surface area contributed by atoms with Crippen LogP contribution in [0.15, 0.2) is 113 Å². The molecule has 1 N–H and O–H groups in total. The minimum Gasteiger partial charge on any atom is -0.382 e. The molecule has 192 valence electrons. The number of fused-ring (bicyclic) bond motifs is 1. The smallest absolute Gasteiger partial charge is 0.151 e. The first kappa shape index (κ1) is 25.7. The lowest BCUT2D eigenvalue weighted by Gasteiger charge is -2.14. The van der Waals surface area contributed by atoms with Crippen LogP contribution in [0.3, 0.4) is 0 Å². The predicted octanol–water partition coefficient (Wildman–Crippen LogP) is 8.60. The average Bonchev–Trinajstić information content (AvgIpc) is 3.20. The number of nitrogens with zero attached hydrogens (tertiary/aromatic N) is 1. The molecule has 1 heterocycles. The van der Waals surface area contributed by atoms with E-state index in [2.05, 4.69) is 125 Å². The molecule has 1 spiro atoms. The molecule has 1 saturated carbocycles. The van der Waals surface area contributed by atoms with Crippen molar-refractivity contribution in [3.8, 4) is 0 Å². The van der Waals surface area contributed by atoms with Gasteiger partial charge in [-0.1, -0.05) is 106 Å². The molecule has 6 rings (SSSR count). The molecule has 3 aromatic carbocycles. The third-order valence-corrected chi connectivity index (χ3v) is 7.80. The number of allylic oxidation sites excluding steroid dienone is 4. The summed E-state index contributed by atoms with van der Waals surface area (Å²) in [5.41, 5.74) is 14.2. The van der Waals surface area contributed by atoms with Gasteiger partial charge < -0.3 is 5.32 Å². The maximum absolute atomic E-state index is 4.83. The quantitative estimate of drug-likeness (QED) is 0.346. The zero-order valence-electron chi connectivity index (χ0n) is 23.3. The maximum atomic E-state index is 4.83. The summed E-state index contributed by atoms with van der Waals surface area (Å²) in [6, 6.07) is 26.1. The molecule has 0 amide bonds. The first-order chi connectivity index (χ1) is 18.3. The van der Waals surface area contributed by atoms with Crippen molar-refractivity contribution in [3.63, 3.8) is 0 Å². The molecule has 1 fully saturated rings. The van der Waals surface area contributed by atoms with Crippen LogP contribution in [0, 0.1) is 6.92 Å². The lowest BCUT2D eigenvalue weighted by atomic mass is 10.00. The van der Waals surface area contributed by atoms with Crippen LogP contribution in [0.4, 0.5) is 0 Å². The van der Waals surface area contributed by atoms with Crippen LogP contribution >= 0.6 is 0 Å².